The highest BCUT2D eigenvalue weighted by atomic mass is 32.2. The van der Waals surface area contributed by atoms with Gasteiger partial charge in [-0.05, 0) is 73.2 Å². The molecule has 1 atom stereocenters. The van der Waals surface area contributed by atoms with Crippen LogP contribution >= 0.6 is 23.7 Å². The van der Waals surface area contributed by atoms with Gasteiger partial charge in [0, 0.05) is 23.9 Å². The van der Waals surface area contributed by atoms with Crippen LogP contribution in [0, 0.1) is 6.92 Å². The second-order valence-corrected chi connectivity index (χ2v) is 9.40. The normalized spacial score (nSPS) is 13.6. The van der Waals surface area contributed by atoms with Gasteiger partial charge in [-0.3, -0.25) is 14.3 Å². The number of rotatable bonds is 8. The Bertz CT molecular complexity index is 852. The molecule has 3 N–H and O–H groups in total. The number of carbonyl (C=O) groups excluding carboxylic acids is 3. The van der Waals surface area contributed by atoms with Gasteiger partial charge >= 0.3 is 5.97 Å². The summed E-state index contributed by atoms with van der Waals surface area (Å²) in [5.41, 5.74) is 3.78. The summed E-state index contributed by atoms with van der Waals surface area (Å²) in [4.78, 5) is 30.5. The summed E-state index contributed by atoms with van der Waals surface area (Å²) in [6.45, 7) is 7.37. The fraction of sp³-hybridized carbons (Fsp3) is 0.423. The first-order valence-corrected chi connectivity index (χ1v) is 13.5. The molecule has 1 fully saturated rings. The molecule has 1 unspecified atom stereocenters. The number of methoxy groups -OCH3 is 1. The monoisotopic (exact) mass is 521 g/mol. The van der Waals surface area contributed by atoms with Crippen LogP contribution in [0.1, 0.15) is 25.3 Å². The van der Waals surface area contributed by atoms with Crippen molar-refractivity contribution in [2.24, 2.45) is 0 Å². The van der Waals surface area contributed by atoms with Crippen molar-refractivity contribution in [3.63, 3.8) is 0 Å². The molecule has 194 valence electrons. The lowest BCUT2D eigenvalue weighted by Gasteiger charge is -2.12. The highest BCUT2D eigenvalue weighted by Crippen LogP contribution is 2.27. The lowest BCUT2D eigenvalue weighted by molar-refractivity contribution is -0.139. The van der Waals surface area contributed by atoms with Gasteiger partial charge in [-0.2, -0.15) is 11.8 Å². The summed E-state index contributed by atoms with van der Waals surface area (Å²) in [6, 6.07) is 17.2. The molecular weight excluding hydrogens is 482 g/mol. The van der Waals surface area contributed by atoms with Crippen molar-refractivity contribution in [3.8, 4) is 11.1 Å². The number of likely N-dealkylation sites (N-methyl/N-ethyl adjacent to an activating group) is 1. The number of aryl methyl sites for hydroxylation is 1. The molecule has 0 aliphatic carbocycles. The summed E-state index contributed by atoms with van der Waals surface area (Å²) in [6.07, 6.45) is 3.68. The first kappa shape index (κ1) is 32.7. The van der Waals surface area contributed by atoms with E-state index < -0.39 is 0 Å². The van der Waals surface area contributed by atoms with Gasteiger partial charge < -0.3 is 20.2 Å². The molecule has 0 bridgehead atoms. The van der Waals surface area contributed by atoms with Gasteiger partial charge in [0.25, 0.3) is 0 Å². The van der Waals surface area contributed by atoms with Gasteiger partial charge in [0.1, 0.15) is 6.79 Å². The largest absolute Gasteiger partial charge is 0.468 e. The van der Waals surface area contributed by atoms with Crippen LogP contribution in [0.5, 0.6) is 0 Å². The predicted octanol–water partition coefficient (Wildman–Crippen LogP) is 4.10. The standard InChI is InChI=1S/C18H20N2OS.C4H9NO2.C3H8S.CH2O/c1-13-7-9-16(11-17(13)14-5-3-2-4-6-14)22-19-12-15-8-10-18(21)20-15;1-5-3-4(6)7-2;1-3-4-2;1-2/h2-7,9,11,15,19H,8,10,12H2,1H3,(H,20,21);5H,3H2,1-2H3;3H2,1-2H3;1H2. The van der Waals surface area contributed by atoms with Crippen molar-refractivity contribution in [2.75, 3.05) is 39.3 Å². The summed E-state index contributed by atoms with van der Waals surface area (Å²) < 4.78 is 7.65. The molecule has 0 radical (unpaired) electrons. The third-order valence-corrected chi connectivity index (χ3v) is 6.11. The van der Waals surface area contributed by atoms with Crippen LogP contribution in [-0.4, -0.2) is 64.0 Å². The number of hydrogen-bond donors (Lipinski definition) is 3. The quantitative estimate of drug-likeness (QED) is 0.353. The Morgan fingerprint density at radius 1 is 1.20 bits per heavy atom. The maximum Gasteiger partial charge on any atom is 0.319 e. The van der Waals surface area contributed by atoms with Gasteiger partial charge in [-0.25, -0.2) is 0 Å². The third-order valence-electron chi connectivity index (χ3n) is 4.74. The molecule has 1 aliphatic rings. The van der Waals surface area contributed by atoms with Crippen molar-refractivity contribution in [3.05, 3.63) is 54.1 Å². The first-order valence-electron chi connectivity index (χ1n) is 11.3. The Morgan fingerprint density at radius 2 is 1.86 bits per heavy atom. The van der Waals surface area contributed by atoms with Crippen LogP contribution < -0.4 is 15.4 Å². The molecular formula is C26H39N3O4S2. The minimum atomic E-state index is -0.234. The van der Waals surface area contributed by atoms with Gasteiger partial charge in [0.15, 0.2) is 0 Å². The van der Waals surface area contributed by atoms with Gasteiger partial charge in [0.2, 0.25) is 5.91 Å². The smallest absolute Gasteiger partial charge is 0.319 e. The summed E-state index contributed by atoms with van der Waals surface area (Å²) in [5.74, 6) is 1.17. The molecule has 0 saturated carbocycles. The zero-order valence-corrected chi connectivity index (χ0v) is 23.0. The van der Waals surface area contributed by atoms with Crippen LogP contribution in [0.3, 0.4) is 0 Å². The fourth-order valence-electron chi connectivity index (χ4n) is 2.87. The number of amides is 1. The van der Waals surface area contributed by atoms with Gasteiger partial charge in [-0.15, -0.1) is 0 Å². The Hall–Kier alpha value is -2.33. The van der Waals surface area contributed by atoms with E-state index in [1.807, 2.05) is 24.6 Å². The molecule has 2 aromatic carbocycles. The Balaban J connectivity index is 0.000000744. The molecule has 1 aliphatic heterocycles. The van der Waals surface area contributed by atoms with Crippen molar-refractivity contribution >= 4 is 42.4 Å². The third kappa shape index (κ3) is 14.6. The van der Waals surface area contributed by atoms with Crippen LogP contribution in [0.25, 0.3) is 11.1 Å². The predicted molar refractivity (Wildman–Crippen MR) is 149 cm³/mol. The van der Waals surface area contributed by atoms with E-state index in [4.69, 9.17) is 4.79 Å². The second-order valence-electron chi connectivity index (χ2n) is 7.28. The molecule has 9 heteroatoms. The number of ether oxygens (including phenoxy) is 1. The van der Waals surface area contributed by atoms with E-state index in [1.54, 1.807) is 19.0 Å². The molecule has 1 amide bonds. The average molecular weight is 522 g/mol. The number of esters is 1. The average Bonchev–Trinajstić information content (AvgIpc) is 3.32. The lowest BCUT2D eigenvalue weighted by atomic mass is 10.0. The number of carbonyl (C=O) groups is 3. The van der Waals surface area contributed by atoms with Crippen molar-refractivity contribution < 1.29 is 19.1 Å². The van der Waals surface area contributed by atoms with E-state index in [2.05, 4.69) is 82.7 Å². The van der Waals surface area contributed by atoms with Gasteiger partial charge in [0.05, 0.1) is 13.7 Å². The molecule has 2 aromatic rings. The van der Waals surface area contributed by atoms with Crippen molar-refractivity contribution in [1.29, 1.82) is 0 Å². The van der Waals surface area contributed by atoms with Crippen LogP contribution in [0.15, 0.2) is 53.4 Å². The Kier molecular flexibility index (Phi) is 19.6. The van der Waals surface area contributed by atoms with E-state index in [0.717, 1.165) is 13.0 Å². The lowest BCUT2D eigenvalue weighted by Crippen LogP contribution is -2.33. The van der Waals surface area contributed by atoms with E-state index in [0.29, 0.717) is 6.42 Å². The molecule has 3 rings (SSSR count). The maximum atomic E-state index is 11.2. The van der Waals surface area contributed by atoms with E-state index in [-0.39, 0.29) is 24.5 Å². The Morgan fingerprint density at radius 3 is 2.34 bits per heavy atom. The van der Waals surface area contributed by atoms with Crippen LogP contribution in [-0.2, 0) is 19.1 Å². The van der Waals surface area contributed by atoms with Crippen LogP contribution in [0.4, 0.5) is 0 Å². The molecule has 0 spiro atoms. The van der Waals surface area contributed by atoms with E-state index in [9.17, 15) is 9.59 Å². The zero-order valence-electron chi connectivity index (χ0n) is 21.4. The molecule has 1 saturated heterocycles. The molecule has 1 heterocycles. The number of thioether (sulfide) groups is 1. The Labute approximate surface area is 218 Å². The highest BCUT2D eigenvalue weighted by Gasteiger charge is 2.20. The van der Waals surface area contributed by atoms with Crippen molar-refractivity contribution in [2.45, 2.75) is 37.6 Å². The number of benzene rings is 2. The fourth-order valence-corrected chi connectivity index (χ4v) is 3.63. The highest BCUT2D eigenvalue weighted by molar-refractivity contribution is 7.98. The molecule has 35 heavy (non-hydrogen) atoms. The van der Waals surface area contributed by atoms with Crippen LogP contribution in [0.2, 0.25) is 0 Å². The SMILES string of the molecule is C=O.CCSC.CNCC(=O)OC.Cc1ccc(SNCC2CCC(=O)N2)cc1-c1ccccc1. The zero-order chi connectivity index (χ0) is 26.5. The second kappa shape index (κ2) is 21.0. The maximum absolute atomic E-state index is 11.2. The first-order chi connectivity index (χ1) is 16.9. The minimum absolute atomic E-state index is 0.165. The van der Waals surface area contributed by atoms with E-state index in [1.165, 1.54) is 34.4 Å². The summed E-state index contributed by atoms with van der Waals surface area (Å²) in [7, 11) is 3.05. The van der Waals surface area contributed by atoms with E-state index >= 15 is 0 Å². The summed E-state index contributed by atoms with van der Waals surface area (Å²) in [5, 5.41) is 5.62. The summed E-state index contributed by atoms with van der Waals surface area (Å²) >= 11 is 3.48. The number of hydrogen-bond acceptors (Lipinski definition) is 8. The molecule has 0 aromatic heterocycles. The van der Waals surface area contributed by atoms with Gasteiger partial charge in [-0.1, -0.05) is 43.3 Å². The molecule has 7 nitrogen and oxygen atoms in total. The number of nitrogens with one attached hydrogen (secondary N) is 3. The topological polar surface area (TPSA) is 96.5 Å². The minimum Gasteiger partial charge on any atom is -0.468 e. The van der Waals surface area contributed by atoms with Crippen molar-refractivity contribution in [1.82, 2.24) is 15.4 Å².